The van der Waals surface area contributed by atoms with Crippen molar-refractivity contribution in [1.29, 1.82) is 0 Å². The standard InChI is InChI=1S/C22H18N4O4/c1-26-22(29)17-9-3-2-8-16(17)19(25-26)21(28)23-13-14-6-4-7-15(12-14)24-20(27)18-10-5-11-30-18/h2-12H,13H2,1H3,(H,23,28)(H,24,27). The fraction of sp³-hybridized carbons (Fsp3) is 0.0909. The first kappa shape index (κ1) is 19.1. The number of nitrogens with zero attached hydrogens (tertiary/aromatic N) is 2. The maximum Gasteiger partial charge on any atom is 0.291 e. The van der Waals surface area contributed by atoms with Gasteiger partial charge in [-0.1, -0.05) is 30.3 Å². The number of aryl methyl sites for hydroxylation is 1. The molecule has 150 valence electrons. The van der Waals surface area contributed by atoms with Gasteiger partial charge in [-0.3, -0.25) is 14.4 Å². The third kappa shape index (κ3) is 3.83. The molecule has 2 heterocycles. The van der Waals surface area contributed by atoms with E-state index in [9.17, 15) is 14.4 Å². The van der Waals surface area contributed by atoms with E-state index in [1.54, 1.807) is 54.6 Å². The highest BCUT2D eigenvalue weighted by Crippen LogP contribution is 2.15. The van der Waals surface area contributed by atoms with Crippen LogP contribution in [0.2, 0.25) is 0 Å². The van der Waals surface area contributed by atoms with Crippen LogP contribution in [-0.4, -0.2) is 21.6 Å². The Kier molecular flexibility index (Phi) is 5.13. The number of amides is 2. The van der Waals surface area contributed by atoms with Gasteiger partial charge in [0.1, 0.15) is 0 Å². The number of carbonyl (C=O) groups excluding carboxylic acids is 2. The lowest BCUT2D eigenvalue weighted by molar-refractivity contribution is 0.0944. The molecule has 0 saturated carbocycles. The van der Waals surface area contributed by atoms with Crippen LogP contribution in [0.1, 0.15) is 26.6 Å². The number of nitrogens with one attached hydrogen (secondary N) is 2. The van der Waals surface area contributed by atoms with Gasteiger partial charge in [-0.05, 0) is 35.9 Å². The minimum absolute atomic E-state index is 0.176. The molecule has 2 aromatic heterocycles. The van der Waals surface area contributed by atoms with Gasteiger partial charge >= 0.3 is 0 Å². The van der Waals surface area contributed by atoms with Crippen molar-refractivity contribution in [2.24, 2.45) is 7.05 Å². The van der Waals surface area contributed by atoms with E-state index >= 15 is 0 Å². The highest BCUT2D eigenvalue weighted by atomic mass is 16.3. The second-order valence-electron chi connectivity index (χ2n) is 6.64. The molecule has 8 heteroatoms. The van der Waals surface area contributed by atoms with Crippen LogP contribution in [0.15, 0.2) is 76.1 Å². The molecular weight excluding hydrogens is 384 g/mol. The lowest BCUT2D eigenvalue weighted by Gasteiger charge is -2.10. The Bertz CT molecular complexity index is 1290. The van der Waals surface area contributed by atoms with Gasteiger partial charge in [0.15, 0.2) is 11.5 Å². The van der Waals surface area contributed by atoms with Gasteiger partial charge in [-0.2, -0.15) is 5.10 Å². The SMILES string of the molecule is Cn1nc(C(=O)NCc2cccc(NC(=O)c3ccco3)c2)c2ccccc2c1=O. The van der Waals surface area contributed by atoms with E-state index in [4.69, 9.17) is 4.42 Å². The molecule has 4 aromatic rings. The van der Waals surface area contributed by atoms with Crippen LogP contribution in [-0.2, 0) is 13.6 Å². The molecule has 0 bridgehead atoms. The average molecular weight is 402 g/mol. The van der Waals surface area contributed by atoms with E-state index in [0.29, 0.717) is 16.5 Å². The summed E-state index contributed by atoms with van der Waals surface area (Å²) in [7, 11) is 1.51. The molecule has 0 fully saturated rings. The van der Waals surface area contributed by atoms with Gasteiger partial charge in [0.25, 0.3) is 17.4 Å². The number of carbonyl (C=O) groups is 2. The zero-order valence-corrected chi connectivity index (χ0v) is 16.1. The summed E-state index contributed by atoms with van der Waals surface area (Å²) in [6, 6.07) is 17.2. The van der Waals surface area contributed by atoms with Crippen molar-refractivity contribution in [2.45, 2.75) is 6.54 Å². The molecule has 2 aromatic carbocycles. The highest BCUT2D eigenvalue weighted by Gasteiger charge is 2.15. The molecule has 0 unspecified atom stereocenters. The molecule has 30 heavy (non-hydrogen) atoms. The van der Waals surface area contributed by atoms with Crippen molar-refractivity contribution < 1.29 is 14.0 Å². The largest absolute Gasteiger partial charge is 0.459 e. The van der Waals surface area contributed by atoms with Crippen LogP contribution >= 0.6 is 0 Å². The molecule has 0 radical (unpaired) electrons. The molecule has 2 N–H and O–H groups in total. The first-order valence-corrected chi connectivity index (χ1v) is 9.21. The van der Waals surface area contributed by atoms with E-state index in [1.165, 1.54) is 13.3 Å². The Balaban J connectivity index is 1.50. The average Bonchev–Trinajstić information content (AvgIpc) is 3.30. The number of aromatic nitrogens is 2. The zero-order chi connectivity index (χ0) is 21.1. The van der Waals surface area contributed by atoms with Crippen molar-refractivity contribution in [2.75, 3.05) is 5.32 Å². The van der Waals surface area contributed by atoms with Crippen molar-refractivity contribution in [3.8, 4) is 0 Å². The monoisotopic (exact) mass is 402 g/mol. The Labute approximate surface area is 171 Å². The minimum Gasteiger partial charge on any atom is -0.459 e. The maximum atomic E-state index is 12.7. The number of hydrogen-bond donors (Lipinski definition) is 2. The lowest BCUT2D eigenvalue weighted by Crippen LogP contribution is -2.29. The third-order valence-corrected chi connectivity index (χ3v) is 4.55. The second-order valence-corrected chi connectivity index (χ2v) is 6.64. The van der Waals surface area contributed by atoms with Gasteiger partial charge in [-0.15, -0.1) is 0 Å². The Hall–Kier alpha value is -4.20. The zero-order valence-electron chi connectivity index (χ0n) is 16.1. The van der Waals surface area contributed by atoms with Crippen molar-refractivity contribution >= 4 is 28.3 Å². The minimum atomic E-state index is -0.396. The Morgan fingerprint density at radius 1 is 1.00 bits per heavy atom. The smallest absolute Gasteiger partial charge is 0.291 e. The Morgan fingerprint density at radius 2 is 1.80 bits per heavy atom. The van der Waals surface area contributed by atoms with Crippen molar-refractivity contribution in [3.05, 3.63) is 94.3 Å². The third-order valence-electron chi connectivity index (χ3n) is 4.55. The predicted octanol–water partition coefficient (Wildman–Crippen LogP) is 2.71. The molecular formula is C22H18N4O4. The normalized spacial score (nSPS) is 10.7. The van der Waals surface area contributed by atoms with Crippen LogP contribution in [0.4, 0.5) is 5.69 Å². The van der Waals surface area contributed by atoms with Crippen LogP contribution in [0.5, 0.6) is 0 Å². The fourth-order valence-corrected chi connectivity index (χ4v) is 3.09. The van der Waals surface area contributed by atoms with Gasteiger partial charge in [-0.25, -0.2) is 4.68 Å². The van der Waals surface area contributed by atoms with Gasteiger partial charge in [0.05, 0.1) is 11.6 Å². The summed E-state index contributed by atoms with van der Waals surface area (Å²) in [5, 5.41) is 10.6. The quantitative estimate of drug-likeness (QED) is 0.534. The predicted molar refractivity (Wildman–Crippen MR) is 111 cm³/mol. The van der Waals surface area contributed by atoms with Gasteiger partial charge in [0, 0.05) is 24.7 Å². The first-order chi connectivity index (χ1) is 14.5. The molecule has 4 rings (SSSR count). The lowest BCUT2D eigenvalue weighted by atomic mass is 10.1. The van der Waals surface area contributed by atoms with Gasteiger partial charge in [0.2, 0.25) is 0 Å². The maximum absolute atomic E-state index is 12.7. The van der Waals surface area contributed by atoms with E-state index in [1.807, 2.05) is 6.07 Å². The van der Waals surface area contributed by atoms with Crippen LogP contribution in [0, 0.1) is 0 Å². The summed E-state index contributed by atoms with van der Waals surface area (Å²) in [5.41, 5.74) is 1.28. The van der Waals surface area contributed by atoms with Crippen molar-refractivity contribution in [1.82, 2.24) is 15.1 Å². The van der Waals surface area contributed by atoms with E-state index in [-0.39, 0.29) is 29.5 Å². The second kappa shape index (κ2) is 8.04. The molecule has 2 amide bonds. The summed E-state index contributed by atoms with van der Waals surface area (Å²) in [4.78, 5) is 37.1. The number of rotatable bonds is 5. The summed E-state index contributed by atoms with van der Waals surface area (Å²) in [6.07, 6.45) is 1.43. The van der Waals surface area contributed by atoms with E-state index in [2.05, 4.69) is 15.7 Å². The molecule has 0 spiro atoms. The molecule has 0 atom stereocenters. The van der Waals surface area contributed by atoms with E-state index in [0.717, 1.165) is 10.2 Å². The number of benzene rings is 2. The summed E-state index contributed by atoms with van der Waals surface area (Å²) in [5.74, 6) is -0.546. The summed E-state index contributed by atoms with van der Waals surface area (Å²) in [6.45, 7) is 0.224. The molecule has 0 aliphatic heterocycles. The summed E-state index contributed by atoms with van der Waals surface area (Å²) >= 11 is 0. The van der Waals surface area contributed by atoms with E-state index < -0.39 is 5.91 Å². The van der Waals surface area contributed by atoms with Crippen LogP contribution < -0.4 is 16.2 Å². The number of hydrogen-bond acceptors (Lipinski definition) is 5. The molecule has 0 aliphatic rings. The number of fused-ring (bicyclic) bond motifs is 1. The van der Waals surface area contributed by atoms with Crippen molar-refractivity contribution in [3.63, 3.8) is 0 Å². The summed E-state index contributed by atoms with van der Waals surface area (Å²) < 4.78 is 6.23. The fourth-order valence-electron chi connectivity index (χ4n) is 3.09. The molecule has 0 saturated heterocycles. The highest BCUT2D eigenvalue weighted by molar-refractivity contribution is 6.05. The van der Waals surface area contributed by atoms with Crippen LogP contribution in [0.3, 0.4) is 0 Å². The first-order valence-electron chi connectivity index (χ1n) is 9.21. The van der Waals surface area contributed by atoms with Crippen LogP contribution in [0.25, 0.3) is 10.8 Å². The Morgan fingerprint density at radius 3 is 2.57 bits per heavy atom. The molecule has 8 nitrogen and oxygen atoms in total. The number of anilines is 1. The number of furan rings is 1. The van der Waals surface area contributed by atoms with Gasteiger partial charge < -0.3 is 15.1 Å². The molecule has 0 aliphatic carbocycles. The topological polar surface area (TPSA) is 106 Å².